The van der Waals surface area contributed by atoms with E-state index in [0.717, 1.165) is 17.4 Å². The summed E-state index contributed by atoms with van der Waals surface area (Å²) in [7, 11) is 0. The van der Waals surface area contributed by atoms with Crippen molar-refractivity contribution in [2.24, 2.45) is 0 Å². The maximum atomic E-state index is 12.5. The third-order valence-electron chi connectivity index (χ3n) is 4.78. The highest BCUT2D eigenvalue weighted by Gasteiger charge is 2.23. The van der Waals surface area contributed by atoms with Crippen molar-refractivity contribution in [1.82, 2.24) is 0 Å². The second-order valence-corrected chi connectivity index (χ2v) is 6.68. The lowest BCUT2D eigenvalue weighted by molar-refractivity contribution is -1.10. The Kier molecular flexibility index (Phi) is 6.49. The summed E-state index contributed by atoms with van der Waals surface area (Å²) in [6.07, 6.45) is 1.32. The molecule has 0 fully saturated rings. The molecule has 1 N–H and O–H groups in total. The number of rotatable bonds is 8. The van der Waals surface area contributed by atoms with Gasteiger partial charge in [0.15, 0.2) is 5.58 Å². The molecule has 0 bridgehead atoms. The van der Waals surface area contributed by atoms with Gasteiger partial charge in [0.2, 0.25) is 0 Å². The van der Waals surface area contributed by atoms with Gasteiger partial charge in [-0.25, -0.2) is 10.0 Å². The van der Waals surface area contributed by atoms with E-state index in [1.54, 1.807) is 0 Å². The fraction of sp³-hybridized carbons (Fsp3) is 0.526. The fourth-order valence-corrected chi connectivity index (χ4v) is 3.13. The summed E-state index contributed by atoms with van der Waals surface area (Å²) in [5.41, 5.74) is 1.38. The number of hydrogen-bond donors (Lipinski definition) is 1. The van der Waals surface area contributed by atoms with Crippen molar-refractivity contribution >= 4 is 22.6 Å². The number of hydroxylamine groups is 3. The Morgan fingerprint density at radius 1 is 1.24 bits per heavy atom. The minimum Gasteiger partial charge on any atom is -0.492 e. The summed E-state index contributed by atoms with van der Waals surface area (Å²) in [6.45, 7) is 9.97. The molecule has 0 saturated carbocycles. The van der Waals surface area contributed by atoms with Crippen molar-refractivity contribution in [1.29, 1.82) is 0 Å². The lowest BCUT2D eigenvalue weighted by atomic mass is 10.0. The van der Waals surface area contributed by atoms with E-state index >= 15 is 0 Å². The molecule has 138 valence electrons. The number of quaternary nitrogens is 1. The highest BCUT2D eigenvalue weighted by molar-refractivity contribution is 6.36. The number of halogens is 1. The predicted molar refractivity (Wildman–Crippen MR) is 99.7 cm³/mol. The third-order valence-corrected chi connectivity index (χ3v) is 5.13. The Hall–Kier alpha value is -1.56. The van der Waals surface area contributed by atoms with Crippen LogP contribution in [0.2, 0.25) is 5.02 Å². The molecule has 1 heterocycles. The Labute approximate surface area is 153 Å². The molecular weight excluding hydrogens is 342 g/mol. The first-order valence-electron chi connectivity index (χ1n) is 8.83. The second-order valence-electron chi connectivity index (χ2n) is 6.30. The number of nitrogens with zero attached hydrogens (tertiary/aromatic N) is 1. The van der Waals surface area contributed by atoms with Crippen molar-refractivity contribution in [2.45, 2.75) is 40.5 Å². The molecule has 6 heteroatoms. The molecule has 0 unspecified atom stereocenters. The van der Waals surface area contributed by atoms with Crippen LogP contribution in [-0.4, -0.2) is 36.1 Å². The lowest BCUT2D eigenvalue weighted by Crippen LogP contribution is -2.46. The van der Waals surface area contributed by atoms with Crippen molar-refractivity contribution in [3.8, 4) is 5.75 Å². The van der Waals surface area contributed by atoms with Crippen molar-refractivity contribution in [3.63, 3.8) is 0 Å². The van der Waals surface area contributed by atoms with Gasteiger partial charge in [-0.1, -0.05) is 18.5 Å². The molecule has 0 aliphatic rings. The van der Waals surface area contributed by atoms with Crippen LogP contribution < -0.4 is 10.4 Å². The Morgan fingerprint density at radius 2 is 1.92 bits per heavy atom. The van der Waals surface area contributed by atoms with Crippen molar-refractivity contribution in [3.05, 3.63) is 38.7 Å². The Bertz CT molecular complexity index is 796. The van der Waals surface area contributed by atoms with Gasteiger partial charge in [-0.2, -0.15) is 4.65 Å². The fourth-order valence-electron chi connectivity index (χ4n) is 2.88. The van der Waals surface area contributed by atoms with E-state index in [0.29, 0.717) is 54.6 Å². The van der Waals surface area contributed by atoms with E-state index in [4.69, 9.17) is 20.8 Å². The monoisotopic (exact) mass is 368 g/mol. The minimum atomic E-state index is -0.404. The zero-order valence-electron chi connectivity index (χ0n) is 15.4. The molecule has 0 aliphatic carbocycles. The zero-order chi connectivity index (χ0) is 18.6. The number of fused-ring (bicyclic) bond motifs is 1. The molecule has 0 spiro atoms. The Balaban J connectivity index is 2.43. The average molecular weight is 369 g/mol. The predicted octanol–water partition coefficient (Wildman–Crippen LogP) is 4.33. The first kappa shape index (κ1) is 19.8. The first-order chi connectivity index (χ1) is 11.9. The smallest absolute Gasteiger partial charge is 0.339 e. The third kappa shape index (κ3) is 4.17. The maximum Gasteiger partial charge on any atom is 0.339 e. The summed E-state index contributed by atoms with van der Waals surface area (Å²) in [6, 6.07) is 3.68. The van der Waals surface area contributed by atoms with Gasteiger partial charge in [0.1, 0.15) is 30.4 Å². The summed E-state index contributed by atoms with van der Waals surface area (Å²) in [5, 5.41) is 11.5. The number of likely N-dealkylation sites (N-methyl/N-ethyl adjacent to an activating group) is 1. The van der Waals surface area contributed by atoms with Gasteiger partial charge in [0, 0.05) is 17.4 Å². The summed E-state index contributed by atoms with van der Waals surface area (Å²) < 4.78 is 11.0. The number of hydrogen-bond acceptors (Lipinski definition) is 4. The van der Waals surface area contributed by atoms with E-state index < -0.39 is 5.63 Å². The van der Waals surface area contributed by atoms with Gasteiger partial charge >= 0.3 is 5.63 Å². The van der Waals surface area contributed by atoms with E-state index in [9.17, 15) is 10.0 Å². The number of aryl methyl sites for hydroxylation is 1. The zero-order valence-corrected chi connectivity index (χ0v) is 16.2. The molecular formula is C19H27ClNO4+. The molecule has 1 aromatic carbocycles. The molecule has 0 saturated heterocycles. The molecule has 2 rings (SSSR count). The average Bonchev–Trinajstić information content (AvgIpc) is 2.61. The summed E-state index contributed by atoms with van der Waals surface area (Å²) >= 11 is 6.37. The van der Waals surface area contributed by atoms with Crippen LogP contribution in [0.15, 0.2) is 21.3 Å². The van der Waals surface area contributed by atoms with Crippen LogP contribution in [0.3, 0.4) is 0 Å². The van der Waals surface area contributed by atoms with Crippen LogP contribution in [0, 0.1) is 6.92 Å². The van der Waals surface area contributed by atoms with E-state index in [2.05, 4.69) is 0 Å². The topological polar surface area (TPSA) is 59.7 Å². The molecule has 1 aromatic heterocycles. The quantitative estimate of drug-likeness (QED) is 0.428. The van der Waals surface area contributed by atoms with Gasteiger partial charge in [-0.15, -0.1) is 0 Å². The van der Waals surface area contributed by atoms with Crippen molar-refractivity contribution < 1.29 is 19.0 Å². The molecule has 0 radical (unpaired) electrons. The minimum absolute atomic E-state index is 0.0680. The van der Waals surface area contributed by atoms with Gasteiger partial charge in [-0.05, 0) is 44.9 Å². The highest BCUT2D eigenvalue weighted by atomic mass is 35.5. The normalized spacial score (nSPS) is 11.9. The lowest BCUT2D eigenvalue weighted by Gasteiger charge is -2.27. The van der Waals surface area contributed by atoms with Crippen LogP contribution in [0.25, 0.3) is 11.0 Å². The van der Waals surface area contributed by atoms with Crippen LogP contribution in [-0.2, 0) is 6.42 Å². The molecule has 0 amide bonds. The van der Waals surface area contributed by atoms with Crippen LogP contribution in [0.5, 0.6) is 5.75 Å². The maximum absolute atomic E-state index is 12.5. The van der Waals surface area contributed by atoms with E-state index in [1.807, 2.05) is 39.8 Å². The largest absolute Gasteiger partial charge is 0.492 e. The second kappa shape index (κ2) is 8.21. The summed E-state index contributed by atoms with van der Waals surface area (Å²) in [5.74, 6) is 0.523. The first-order valence-corrected chi connectivity index (χ1v) is 9.21. The number of ether oxygens (including phenoxy) is 1. The molecule has 0 aliphatic heterocycles. The van der Waals surface area contributed by atoms with Crippen LogP contribution in [0.4, 0.5) is 0 Å². The SMILES string of the molecule is CCCOc1ccc2c(C)c(CC[N+](O)(CC)CC)c(=O)oc2c1Cl. The Morgan fingerprint density at radius 3 is 2.52 bits per heavy atom. The molecule has 5 nitrogen and oxygen atoms in total. The van der Waals surface area contributed by atoms with Gasteiger partial charge < -0.3 is 9.15 Å². The molecule has 0 atom stereocenters. The molecule has 2 aromatic rings. The van der Waals surface area contributed by atoms with Crippen LogP contribution >= 0.6 is 11.6 Å². The number of benzene rings is 1. The van der Waals surface area contributed by atoms with Gasteiger partial charge in [-0.3, -0.25) is 0 Å². The van der Waals surface area contributed by atoms with E-state index in [-0.39, 0.29) is 4.65 Å². The van der Waals surface area contributed by atoms with Gasteiger partial charge in [0.05, 0.1) is 6.61 Å². The highest BCUT2D eigenvalue weighted by Crippen LogP contribution is 2.34. The van der Waals surface area contributed by atoms with Gasteiger partial charge in [0.25, 0.3) is 0 Å². The summed E-state index contributed by atoms with van der Waals surface area (Å²) in [4.78, 5) is 12.5. The van der Waals surface area contributed by atoms with Crippen LogP contribution in [0.1, 0.15) is 38.3 Å². The molecule has 25 heavy (non-hydrogen) atoms. The van der Waals surface area contributed by atoms with E-state index in [1.165, 1.54) is 0 Å². The standard InChI is InChI=1S/C19H27ClNO4/c1-5-12-24-16-9-8-14-13(4)15(10-11-21(23,6-2)7-3)19(22)25-18(14)17(16)20/h8-9,23H,5-7,10-12H2,1-4H3/q+1. The van der Waals surface area contributed by atoms with Crippen molar-refractivity contribution in [2.75, 3.05) is 26.2 Å².